The van der Waals surface area contributed by atoms with Crippen molar-refractivity contribution >= 4 is 17.6 Å². The monoisotopic (exact) mass is 233 g/mol. The van der Waals surface area contributed by atoms with E-state index in [4.69, 9.17) is 15.9 Å². The third-order valence-electron chi connectivity index (χ3n) is 2.42. The molecule has 0 aromatic carbocycles. The van der Waals surface area contributed by atoms with Crippen LogP contribution in [0.4, 0.5) is 5.69 Å². The first kappa shape index (κ1) is 11.4. The molecule has 0 spiro atoms. The maximum absolute atomic E-state index is 7.85. The van der Waals surface area contributed by atoms with E-state index in [1.165, 1.54) is 13.3 Å². The maximum Gasteiger partial charge on any atom is 0.169 e. The molecule has 0 radical (unpaired) electrons. The standard InChI is InChI=1S/C11H15N5O/c1-17-11-8(12)4-5-14-10(11)9(13)6-15-16-7-2-3-7/h4-7,13,16H,2-3H2,1H3,(H2,12,14)/b13-9?,15-6-. The molecule has 0 aliphatic heterocycles. The highest BCUT2D eigenvalue weighted by atomic mass is 16.5. The van der Waals surface area contributed by atoms with Gasteiger partial charge in [0.25, 0.3) is 0 Å². The second-order valence-electron chi connectivity index (χ2n) is 3.86. The lowest BCUT2D eigenvalue weighted by atomic mass is 10.2. The predicted molar refractivity (Wildman–Crippen MR) is 66.7 cm³/mol. The molecule has 90 valence electrons. The number of rotatable bonds is 5. The third-order valence-corrected chi connectivity index (χ3v) is 2.42. The first-order valence-corrected chi connectivity index (χ1v) is 5.38. The van der Waals surface area contributed by atoms with Crippen LogP contribution in [0.15, 0.2) is 17.4 Å². The molecule has 0 amide bonds. The fraction of sp³-hybridized carbons (Fsp3) is 0.364. The molecule has 1 aromatic rings. The SMILES string of the molecule is COc1c(N)ccnc1C(=N)/C=N\NC1CC1. The van der Waals surface area contributed by atoms with Crippen LogP contribution in [-0.2, 0) is 0 Å². The van der Waals surface area contributed by atoms with Crippen molar-refractivity contribution < 1.29 is 4.74 Å². The molecule has 6 nitrogen and oxygen atoms in total. The van der Waals surface area contributed by atoms with E-state index in [1.54, 1.807) is 12.3 Å². The number of anilines is 1. The summed E-state index contributed by atoms with van der Waals surface area (Å²) in [6.07, 6.45) is 5.25. The number of nitrogens with one attached hydrogen (secondary N) is 2. The lowest BCUT2D eigenvalue weighted by Crippen LogP contribution is -2.13. The van der Waals surface area contributed by atoms with E-state index in [0.29, 0.717) is 23.2 Å². The first-order chi connectivity index (χ1) is 8.22. The minimum atomic E-state index is 0.169. The quantitative estimate of drug-likeness (QED) is 0.517. The van der Waals surface area contributed by atoms with Gasteiger partial charge in [-0.05, 0) is 18.9 Å². The van der Waals surface area contributed by atoms with E-state index < -0.39 is 0 Å². The molecule has 6 heteroatoms. The Morgan fingerprint density at radius 1 is 1.71 bits per heavy atom. The Morgan fingerprint density at radius 2 is 2.47 bits per heavy atom. The number of methoxy groups -OCH3 is 1. The van der Waals surface area contributed by atoms with Gasteiger partial charge < -0.3 is 15.9 Å². The third kappa shape index (κ3) is 2.72. The molecule has 1 saturated carbocycles. The van der Waals surface area contributed by atoms with Crippen LogP contribution in [0.2, 0.25) is 0 Å². The van der Waals surface area contributed by atoms with Gasteiger partial charge in [-0.15, -0.1) is 0 Å². The number of nitrogens with two attached hydrogens (primary N) is 1. The van der Waals surface area contributed by atoms with Gasteiger partial charge >= 0.3 is 0 Å². The summed E-state index contributed by atoms with van der Waals surface area (Å²) in [4.78, 5) is 4.08. The molecule has 0 saturated heterocycles. The van der Waals surface area contributed by atoms with Crippen LogP contribution in [0.3, 0.4) is 0 Å². The minimum absolute atomic E-state index is 0.169. The highest BCUT2D eigenvalue weighted by Gasteiger charge is 2.20. The molecule has 0 bridgehead atoms. The second-order valence-corrected chi connectivity index (χ2v) is 3.86. The molecule has 4 N–H and O–H groups in total. The lowest BCUT2D eigenvalue weighted by Gasteiger charge is -2.08. The molecule has 0 unspecified atom stereocenters. The van der Waals surface area contributed by atoms with Gasteiger partial charge in [0, 0.05) is 12.2 Å². The molecule has 17 heavy (non-hydrogen) atoms. The Hall–Kier alpha value is -2.11. The average Bonchev–Trinajstić information content (AvgIpc) is 3.12. The molecule has 2 rings (SSSR count). The van der Waals surface area contributed by atoms with Gasteiger partial charge in [0.1, 0.15) is 11.4 Å². The van der Waals surface area contributed by atoms with Crippen molar-refractivity contribution in [3.8, 4) is 5.75 Å². The number of hydrogen-bond acceptors (Lipinski definition) is 6. The summed E-state index contributed by atoms with van der Waals surface area (Å²) in [6, 6.07) is 2.10. The number of nitrogens with zero attached hydrogens (tertiary/aromatic N) is 2. The Morgan fingerprint density at radius 3 is 3.12 bits per heavy atom. The number of pyridine rings is 1. The Balaban J connectivity index is 2.11. The Kier molecular flexibility index (Phi) is 3.22. The first-order valence-electron chi connectivity index (χ1n) is 5.38. The zero-order valence-corrected chi connectivity index (χ0v) is 9.60. The van der Waals surface area contributed by atoms with Crippen molar-refractivity contribution in [3.63, 3.8) is 0 Å². The summed E-state index contributed by atoms with van der Waals surface area (Å²) in [6.45, 7) is 0. The van der Waals surface area contributed by atoms with Crippen LogP contribution >= 0.6 is 0 Å². The van der Waals surface area contributed by atoms with Crippen molar-refractivity contribution in [2.45, 2.75) is 18.9 Å². The van der Waals surface area contributed by atoms with Gasteiger partial charge in [-0.25, -0.2) is 0 Å². The van der Waals surface area contributed by atoms with Gasteiger partial charge in [-0.1, -0.05) is 0 Å². The second kappa shape index (κ2) is 4.82. The molecule has 1 heterocycles. The van der Waals surface area contributed by atoms with Gasteiger partial charge in [0.05, 0.1) is 19.0 Å². The van der Waals surface area contributed by atoms with Crippen molar-refractivity contribution in [1.29, 1.82) is 5.41 Å². The molecule has 1 fully saturated rings. The van der Waals surface area contributed by atoms with Crippen molar-refractivity contribution in [3.05, 3.63) is 18.0 Å². The summed E-state index contributed by atoms with van der Waals surface area (Å²) >= 11 is 0. The highest BCUT2D eigenvalue weighted by Crippen LogP contribution is 2.23. The number of aromatic nitrogens is 1. The van der Waals surface area contributed by atoms with Crippen molar-refractivity contribution in [2.75, 3.05) is 12.8 Å². The summed E-state index contributed by atoms with van der Waals surface area (Å²) < 4.78 is 5.13. The van der Waals surface area contributed by atoms with E-state index in [-0.39, 0.29) is 5.71 Å². The number of ether oxygens (including phenoxy) is 1. The van der Waals surface area contributed by atoms with Crippen LogP contribution in [0, 0.1) is 5.41 Å². The molecule has 0 atom stereocenters. The van der Waals surface area contributed by atoms with E-state index in [2.05, 4.69) is 15.5 Å². The number of hydrogen-bond donors (Lipinski definition) is 3. The molecule has 1 aliphatic carbocycles. The van der Waals surface area contributed by atoms with Crippen LogP contribution in [0.25, 0.3) is 0 Å². The van der Waals surface area contributed by atoms with Gasteiger partial charge in [0.15, 0.2) is 5.75 Å². The Bertz CT molecular complexity index is 453. The number of hydrazone groups is 1. The lowest BCUT2D eigenvalue weighted by molar-refractivity contribution is 0.414. The van der Waals surface area contributed by atoms with E-state index in [9.17, 15) is 0 Å². The zero-order valence-electron chi connectivity index (χ0n) is 9.60. The van der Waals surface area contributed by atoms with Crippen molar-refractivity contribution in [1.82, 2.24) is 10.4 Å². The summed E-state index contributed by atoms with van der Waals surface area (Å²) in [5.41, 5.74) is 9.70. The maximum atomic E-state index is 7.85. The Labute approximate surface area is 99.4 Å². The van der Waals surface area contributed by atoms with E-state index >= 15 is 0 Å². The molecule has 1 aromatic heterocycles. The topological polar surface area (TPSA) is 96.4 Å². The smallest absolute Gasteiger partial charge is 0.169 e. The summed E-state index contributed by atoms with van der Waals surface area (Å²) in [5, 5.41) is 11.8. The molecular formula is C11H15N5O. The van der Waals surface area contributed by atoms with Gasteiger partial charge in [0.2, 0.25) is 0 Å². The fourth-order valence-corrected chi connectivity index (χ4v) is 1.35. The van der Waals surface area contributed by atoms with E-state index in [0.717, 1.165) is 12.8 Å². The largest absolute Gasteiger partial charge is 0.492 e. The van der Waals surface area contributed by atoms with Gasteiger partial charge in [-0.3, -0.25) is 10.4 Å². The summed E-state index contributed by atoms with van der Waals surface area (Å²) in [7, 11) is 1.50. The summed E-state index contributed by atoms with van der Waals surface area (Å²) in [5.74, 6) is 0.412. The van der Waals surface area contributed by atoms with Crippen LogP contribution in [0.5, 0.6) is 5.75 Å². The fourth-order valence-electron chi connectivity index (χ4n) is 1.35. The predicted octanol–water partition coefficient (Wildman–Crippen LogP) is 0.778. The van der Waals surface area contributed by atoms with Crippen LogP contribution < -0.4 is 15.9 Å². The highest BCUT2D eigenvalue weighted by molar-refractivity contribution is 6.37. The number of nitrogen functional groups attached to an aromatic ring is 1. The zero-order chi connectivity index (χ0) is 12.3. The van der Waals surface area contributed by atoms with Crippen LogP contribution in [-0.4, -0.2) is 30.1 Å². The normalized spacial score (nSPS) is 14.9. The van der Waals surface area contributed by atoms with Gasteiger partial charge in [-0.2, -0.15) is 5.10 Å². The molecule has 1 aliphatic rings. The van der Waals surface area contributed by atoms with Crippen LogP contribution in [0.1, 0.15) is 18.5 Å². The average molecular weight is 233 g/mol. The minimum Gasteiger partial charge on any atom is -0.492 e. The molecular weight excluding hydrogens is 218 g/mol. The van der Waals surface area contributed by atoms with Crippen molar-refractivity contribution in [2.24, 2.45) is 5.10 Å². The van der Waals surface area contributed by atoms with E-state index in [1.807, 2.05) is 0 Å².